The van der Waals surface area contributed by atoms with Gasteiger partial charge in [-0.1, -0.05) is 25.0 Å². The predicted octanol–water partition coefficient (Wildman–Crippen LogP) is 4.89. The Morgan fingerprint density at radius 2 is 1.89 bits per heavy atom. The number of hydrogen-bond donors (Lipinski definition) is 5. The third-order valence-electron chi connectivity index (χ3n) is 12.7. The Hall–Kier alpha value is -5.01. The molecule has 1 unspecified atom stereocenters. The molecule has 0 spiro atoms. The zero-order chi connectivity index (χ0) is 44.5. The first-order valence-corrected chi connectivity index (χ1v) is 24.7. The van der Waals surface area contributed by atoms with Crippen LogP contribution in [0.2, 0.25) is 0 Å². The lowest BCUT2D eigenvalue weighted by molar-refractivity contribution is -0.145. The van der Waals surface area contributed by atoms with Crippen molar-refractivity contribution >= 4 is 61.2 Å². The van der Waals surface area contributed by atoms with E-state index in [9.17, 15) is 32.7 Å². The number of thiazole rings is 1. The minimum Gasteiger partial charge on any atom is -0.497 e. The van der Waals surface area contributed by atoms with Crippen molar-refractivity contribution < 1.29 is 42.2 Å². The first-order chi connectivity index (χ1) is 30.2. The molecular formula is C44H58N8O9S2. The Morgan fingerprint density at radius 1 is 1.06 bits per heavy atom. The van der Waals surface area contributed by atoms with E-state index in [1.54, 1.807) is 25.3 Å². The number of fused-ring (bicyclic) bond motifs is 3. The van der Waals surface area contributed by atoms with Crippen LogP contribution in [0.5, 0.6) is 11.5 Å². The van der Waals surface area contributed by atoms with Crippen LogP contribution in [0, 0.1) is 11.8 Å². The number of rotatable bonds is 12. The molecule has 2 aromatic heterocycles. The van der Waals surface area contributed by atoms with Gasteiger partial charge in [0, 0.05) is 60.4 Å². The third kappa shape index (κ3) is 10.2. The normalized spacial score (nSPS) is 27.5. The number of aliphatic carboxylic acids is 1. The number of anilines is 1. The molecule has 0 bridgehead atoms. The van der Waals surface area contributed by atoms with E-state index in [1.165, 1.54) is 20.5 Å². The van der Waals surface area contributed by atoms with Crippen molar-refractivity contribution in [3.63, 3.8) is 0 Å². The highest BCUT2D eigenvalue weighted by Crippen LogP contribution is 2.46. The maximum Gasteiger partial charge on any atom is 0.330 e. The number of amides is 4. The molecule has 5 heterocycles. The van der Waals surface area contributed by atoms with Gasteiger partial charge >= 0.3 is 12.0 Å². The molecule has 2 aliphatic carbocycles. The van der Waals surface area contributed by atoms with Crippen LogP contribution in [0.25, 0.3) is 22.3 Å². The second-order valence-electron chi connectivity index (χ2n) is 17.8. The quantitative estimate of drug-likeness (QED) is 0.154. The van der Waals surface area contributed by atoms with Crippen LogP contribution in [-0.2, 0) is 24.4 Å². The summed E-state index contributed by atoms with van der Waals surface area (Å²) in [6, 6.07) is 4.26. The van der Waals surface area contributed by atoms with Gasteiger partial charge in [-0.05, 0) is 83.3 Å². The fourth-order valence-electron chi connectivity index (χ4n) is 9.01. The lowest BCUT2D eigenvalue weighted by Gasteiger charge is -2.32. The molecule has 2 saturated heterocycles. The number of allylic oxidation sites excluding steroid dienone is 1. The van der Waals surface area contributed by atoms with Crippen molar-refractivity contribution in [2.45, 2.75) is 120 Å². The standard InChI is InChI=1S/C44H58N8O9S2/c1-26(2)45-43-49-36(25-62-43)34-21-38(31-16-15-29(60-3)19-33(31)46-34)61-30-20-37-39(53)50-44(41(55)56)22-28(44)11-7-5-4-6-8-12-32(40(54)52(37)23-30)47-42(57)48-35(27-13-14-27)24-51-17-9-10-18-63(51,58)59/h7,11,15-16,19,21,25-28,30,32,35,37H,4-6,8-10,12-14,17-18,20,22-24H2,1-3H3,(H,45,49)(H,50,53)(H,55,56)(H2,47,48,57)/b11-7-/t28?,30-,32-,35-,37+,44-/m1/s1. The molecule has 5 N–H and O–H groups in total. The molecule has 3 aromatic rings. The van der Waals surface area contributed by atoms with Gasteiger partial charge in [0.1, 0.15) is 40.9 Å². The summed E-state index contributed by atoms with van der Waals surface area (Å²) in [5.74, 6) is -1.37. The van der Waals surface area contributed by atoms with E-state index < -0.39 is 63.6 Å². The molecule has 0 radical (unpaired) electrons. The Morgan fingerprint density at radius 3 is 2.63 bits per heavy atom. The SMILES string of the molecule is COc1ccc2c(O[C@@H]3C[C@H]4C(=O)N[C@]5(C(=O)O)CC5/C=C\CCCCC[C@@H](NC(=O)N[C@H](CN5CCCCS5(=O)=O)C5CC5)C(=O)N4C3)cc(-c3csc(NC(C)C)n3)nc2c1. The van der Waals surface area contributed by atoms with Gasteiger partial charge in [0.15, 0.2) is 5.13 Å². The molecule has 6 atom stereocenters. The van der Waals surface area contributed by atoms with Crippen LogP contribution in [0.15, 0.2) is 41.8 Å². The third-order valence-corrected chi connectivity index (χ3v) is 15.4. The van der Waals surface area contributed by atoms with E-state index in [0.717, 1.165) is 37.2 Å². The largest absolute Gasteiger partial charge is 0.497 e. The Kier molecular flexibility index (Phi) is 13.2. The summed E-state index contributed by atoms with van der Waals surface area (Å²) in [6.45, 7) is 4.61. The molecule has 340 valence electrons. The summed E-state index contributed by atoms with van der Waals surface area (Å²) >= 11 is 1.45. The predicted molar refractivity (Wildman–Crippen MR) is 238 cm³/mol. The molecule has 5 aliphatic rings. The highest BCUT2D eigenvalue weighted by atomic mass is 32.2. The number of nitrogens with zero attached hydrogens (tertiary/aromatic N) is 4. The van der Waals surface area contributed by atoms with E-state index >= 15 is 0 Å². The van der Waals surface area contributed by atoms with Crippen molar-refractivity contribution in [1.29, 1.82) is 0 Å². The number of hydrogen-bond acceptors (Lipinski definition) is 12. The zero-order valence-corrected chi connectivity index (χ0v) is 37.6. The number of carbonyl (C=O) groups excluding carboxylic acids is 3. The highest BCUT2D eigenvalue weighted by Gasteiger charge is 2.61. The second-order valence-corrected chi connectivity index (χ2v) is 20.8. The molecule has 3 aliphatic heterocycles. The van der Waals surface area contributed by atoms with Crippen LogP contribution >= 0.6 is 11.3 Å². The van der Waals surface area contributed by atoms with E-state index in [0.29, 0.717) is 66.0 Å². The Labute approximate surface area is 371 Å². The van der Waals surface area contributed by atoms with Gasteiger partial charge in [-0.15, -0.1) is 11.3 Å². The van der Waals surface area contributed by atoms with Crippen LogP contribution < -0.4 is 30.7 Å². The zero-order valence-electron chi connectivity index (χ0n) is 36.0. The van der Waals surface area contributed by atoms with Gasteiger partial charge in [0.05, 0.1) is 30.6 Å². The number of ether oxygens (including phenoxy) is 2. The minimum absolute atomic E-state index is 0.0217. The average molecular weight is 907 g/mol. The van der Waals surface area contributed by atoms with Crippen LogP contribution in [0.1, 0.15) is 84.5 Å². The topological polar surface area (TPSA) is 221 Å². The molecule has 8 rings (SSSR count). The number of pyridine rings is 1. The van der Waals surface area contributed by atoms with Crippen LogP contribution in [0.3, 0.4) is 0 Å². The van der Waals surface area contributed by atoms with Crippen LogP contribution in [0.4, 0.5) is 9.93 Å². The number of carboxylic acids is 1. The first kappa shape index (κ1) is 44.6. The maximum absolute atomic E-state index is 14.9. The van der Waals surface area contributed by atoms with Crippen molar-refractivity contribution in [2.24, 2.45) is 11.8 Å². The summed E-state index contributed by atoms with van der Waals surface area (Å²) in [5, 5.41) is 25.8. The van der Waals surface area contributed by atoms with Gasteiger partial charge in [-0.3, -0.25) is 9.59 Å². The molecule has 4 fully saturated rings. The summed E-state index contributed by atoms with van der Waals surface area (Å²) < 4.78 is 39.5. The lowest BCUT2D eigenvalue weighted by Crippen LogP contribution is -2.58. The number of carboxylic acid groups (broad SMARTS) is 1. The molecule has 1 aromatic carbocycles. The summed E-state index contributed by atoms with van der Waals surface area (Å²) in [7, 11) is -1.85. The fraction of sp³-hybridized carbons (Fsp3) is 0.591. The van der Waals surface area contributed by atoms with Crippen molar-refractivity contribution in [3.8, 4) is 22.9 Å². The highest BCUT2D eigenvalue weighted by molar-refractivity contribution is 7.89. The number of aromatic nitrogens is 2. The number of nitrogens with one attached hydrogen (secondary N) is 4. The summed E-state index contributed by atoms with van der Waals surface area (Å²) in [4.78, 5) is 66.9. The van der Waals surface area contributed by atoms with E-state index in [1.807, 2.05) is 37.4 Å². The molecule has 63 heavy (non-hydrogen) atoms. The van der Waals surface area contributed by atoms with E-state index in [4.69, 9.17) is 19.4 Å². The Balaban J connectivity index is 1.08. The number of urea groups is 1. The smallest absolute Gasteiger partial charge is 0.330 e. The molecular weight excluding hydrogens is 849 g/mol. The first-order valence-electron chi connectivity index (χ1n) is 22.2. The molecule has 4 amide bonds. The van der Waals surface area contributed by atoms with Gasteiger partial charge < -0.3 is 40.7 Å². The van der Waals surface area contributed by atoms with Crippen molar-refractivity contribution in [3.05, 3.63) is 41.8 Å². The van der Waals surface area contributed by atoms with Gasteiger partial charge in [-0.25, -0.2) is 28.0 Å². The van der Waals surface area contributed by atoms with Crippen molar-refractivity contribution in [2.75, 3.05) is 37.8 Å². The molecule has 2 saturated carbocycles. The van der Waals surface area contributed by atoms with E-state index in [-0.39, 0.29) is 49.6 Å². The van der Waals surface area contributed by atoms with Crippen LogP contribution in [-0.4, -0.2) is 125 Å². The number of sulfonamides is 1. The van der Waals surface area contributed by atoms with Gasteiger partial charge in [0.25, 0.3) is 0 Å². The number of carbonyl (C=O) groups is 4. The fourth-order valence-corrected chi connectivity index (χ4v) is 11.5. The average Bonchev–Trinajstić information content (AvgIpc) is 4.12. The minimum atomic E-state index is -3.42. The monoisotopic (exact) mass is 906 g/mol. The van der Waals surface area contributed by atoms with Crippen molar-refractivity contribution in [1.82, 2.24) is 35.1 Å². The maximum atomic E-state index is 14.9. The number of methoxy groups -OCH3 is 1. The summed E-state index contributed by atoms with van der Waals surface area (Å²) in [6.07, 6.45) is 9.65. The molecule has 17 nitrogen and oxygen atoms in total. The van der Waals surface area contributed by atoms with Gasteiger partial charge in [-0.2, -0.15) is 4.31 Å². The lowest BCUT2D eigenvalue weighted by atomic mass is 10.0. The summed E-state index contributed by atoms with van der Waals surface area (Å²) in [5.41, 5.74) is 0.273. The molecule has 19 heteroatoms. The van der Waals surface area contributed by atoms with Gasteiger partial charge in [0.2, 0.25) is 21.8 Å². The number of benzene rings is 1. The second kappa shape index (κ2) is 18.6. The Bertz CT molecular complexity index is 2350. The van der Waals surface area contributed by atoms with E-state index in [2.05, 4.69) is 21.3 Å².